The van der Waals surface area contributed by atoms with Crippen molar-refractivity contribution in [3.05, 3.63) is 57.6 Å². The number of benzene rings is 2. The molecule has 2 aromatic carbocycles. The van der Waals surface area contributed by atoms with E-state index in [0.717, 1.165) is 81.0 Å². The van der Waals surface area contributed by atoms with Crippen LogP contribution in [0.5, 0.6) is 11.5 Å². The number of hydrogen-bond acceptors (Lipinski definition) is 8. The molecule has 1 saturated carbocycles. The zero-order chi connectivity index (χ0) is 29.5. The molecular weight excluding hydrogens is 555 g/mol. The smallest absolute Gasteiger partial charge is 0.550 e. The van der Waals surface area contributed by atoms with Crippen LogP contribution in [0.3, 0.4) is 0 Å². The zero-order valence-corrected chi connectivity index (χ0v) is 25.4. The third-order valence-corrected chi connectivity index (χ3v) is 6.39. The number of aromatic hydroxyl groups is 2. The first-order chi connectivity index (χ1) is 18.5. The van der Waals surface area contributed by atoms with Crippen molar-refractivity contribution in [2.75, 3.05) is 0 Å². The second kappa shape index (κ2) is 19.0. The second-order valence-electron chi connectivity index (χ2n) is 9.40. The fourth-order valence-electron chi connectivity index (χ4n) is 4.34. The Labute approximate surface area is 248 Å². The minimum Gasteiger partial charge on any atom is -0.550 e. The van der Waals surface area contributed by atoms with E-state index in [1.54, 1.807) is 0 Å². The van der Waals surface area contributed by atoms with Gasteiger partial charge in [-0.3, -0.25) is 9.98 Å². The molecule has 0 bridgehead atoms. The maximum Gasteiger partial charge on any atom is 2.00 e. The van der Waals surface area contributed by atoms with E-state index in [1.807, 2.05) is 24.6 Å². The number of aliphatic imine (C=N–C) groups is 2. The van der Waals surface area contributed by atoms with Gasteiger partial charge in [0.25, 0.3) is 0 Å². The van der Waals surface area contributed by atoms with Crippen LogP contribution in [0, 0.1) is 0 Å². The Bertz CT molecular complexity index is 1070. The standard InChI is InChI=1S/C27H36N2O2.2C2H4O2.Co/c1-5-18-12-20(7-3)26(30)22(14-18)16-28-24-10-9-11-25(24)29-17-23-15-19(6-2)13-21(8-4)27(23)31;2*1-2(3)4;/h12-17,24-25,30-31H,5-11H2,1-4H3;2*1H3,(H,3,4);/q;;;+2/p-2. The van der Waals surface area contributed by atoms with Gasteiger partial charge in [0, 0.05) is 35.5 Å². The van der Waals surface area contributed by atoms with E-state index in [1.165, 1.54) is 11.1 Å². The molecule has 8 nitrogen and oxygen atoms in total. The van der Waals surface area contributed by atoms with Gasteiger partial charge in [-0.2, -0.15) is 0 Å². The van der Waals surface area contributed by atoms with Crippen molar-refractivity contribution < 1.29 is 46.8 Å². The van der Waals surface area contributed by atoms with Crippen LogP contribution in [0.15, 0.2) is 34.3 Å². The van der Waals surface area contributed by atoms with E-state index >= 15 is 0 Å². The Morgan fingerprint density at radius 1 is 0.750 bits per heavy atom. The molecule has 1 aliphatic carbocycles. The SMILES string of the molecule is CC(=O)[O-].CC(=O)[O-].CCc1cc(C=NC2CCCC2N=Cc2cc(CC)cc(CC)c2O)c(O)c(CC)c1.[Co+2]. The van der Waals surface area contributed by atoms with Crippen LogP contribution in [0.4, 0.5) is 0 Å². The molecule has 1 fully saturated rings. The predicted octanol–water partition coefficient (Wildman–Crippen LogP) is 3.32. The average Bonchev–Trinajstić information content (AvgIpc) is 3.34. The van der Waals surface area contributed by atoms with Gasteiger partial charge in [0.15, 0.2) is 0 Å². The summed E-state index contributed by atoms with van der Waals surface area (Å²) in [6.07, 6.45) is 10.2. The average molecular weight is 598 g/mol. The van der Waals surface area contributed by atoms with Crippen LogP contribution in [0.2, 0.25) is 0 Å². The summed E-state index contributed by atoms with van der Waals surface area (Å²) < 4.78 is 0. The van der Waals surface area contributed by atoms with Gasteiger partial charge in [-0.15, -0.1) is 0 Å². The first-order valence-corrected chi connectivity index (χ1v) is 13.6. The summed E-state index contributed by atoms with van der Waals surface area (Å²) in [5.74, 6) is -1.48. The number of carboxylic acids is 2. The quantitative estimate of drug-likeness (QED) is 0.447. The van der Waals surface area contributed by atoms with Crippen molar-refractivity contribution in [1.82, 2.24) is 0 Å². The number of phenols is 2. The Morgan fingerprint density at radius 2 is 1.07 bits per heavy atom. The molecule has 3 rings (SSSR count). The summed E-state index contributed by atoms with van der Waals surface area (Å²) in [4.78, 5) is 27.4. The summed E-state index contributed by atoms with van der Waals surface area (Å²) >= 11 is 0. The summed E-state index contributed by atoms with van der Waals surface area (Å²) in [7, 11) is 0. The van der Waals surface area contributed by atoms with Crippen molar-refractivity contribution >= 4 is 24.4 Å². The van der Waals surface area contributed by atoms with E-state index in [2.05, 4.69) is 39.8 Å². The van der Waals surface area contributed by atoms with Crippen molar-refractivity contribution in [3.8, 4) is 11.5 Å². The number of phenolic OH excluding ortho intramolecular Hbond substituents is 2. The Hall–Kier alpha value is -3.17. The first-order valence-electron chi connectivity index (χ1n) is 13.6. The summed E-state index contributed by atoms with van der Waals surface area (Å²) in [6.45, 7) is 10.3. The van der Waals surface area contributed by atoms with Crippen molar-refractivity contribution in [2.45, 2.75) is 98.6 Å². The van der Waals surface area contributed by atoms with Gasteiger partial charge in [0.1, 0.15) is 11.5 Å². The number of nitrogens with zero attached hydrogens (tertiary/aromatic N) is 2. The van der Waals surface area contributed by atoms with E-state index in [0.29, 0.717) is 11.5 Å². The molecule has 0 aliphatic heterocycles. The van der Waals surface area contributed by atoms with E-state index in [-0.39, 0.29) is 28.9 Å². The summed E-state index contributed by atoms with van der Waals surface area (Å²) in [6, 6.07) is 8.44. The van der Waals surface area contributed by atoms with E-state index in [9.17, 15) is 10.2 Å². The number of aryl methyl sites for hydroxylation is 4. The largest absolute Gasteiger partial charge is 2.00 e. The molecule has 9 heteroatoms. The predicted molar refractivity (Wildman–Crippen MR) is 152 cm³/mol. The zero-order valence-electron chi connectivity index (χ0n) is 24.3. The van der Waals surface area contributed by atoms with Gasteiger partial charge in [-0.05, 0) is 93.2 Å². The minimum absolute atomic E-state index is 0. The van der Waals surface area contributed by atoms with Crippen molar-refractivity contribution in [2.24, 2.45) is 9.98 Å². The van der Waals surface area contributed by atoms with Gasteiger partial charge in [0.05, 0.1) is 12.1 Å². The molecule has 40 heavy (non-hydrogen) atoms. The number of carboxylic acid groups (broad SMARTS) is 2. The van der Waals surface area contributed by atoms with Crippen molar-refractivity contribution in [3.63, 3.8) is 0 Å². The molecule has 0 spiro atoms. The monoisotopic (exact) mass is 597 g/mol. The molecule has 2 aromatic rings. The molecule has 2 N–H and O–H groups in total. The molecule has 0 heterocycles. The van der Waals surface area contributed by atoms with Crippen LogP contribution in [-0.4, -0.2) is 46.7 Å². The number of hydrogen-bond donors (Lipinski definition) is 2. The van der Waals surface area contributed by atoms with Gasteiger partial charge >= 0.3 is 16.8 Å². The number of carbonyl (C=O) groups is 2. The fourth-order valence-corrected chi connectivity index (χ4v) is 4.34. The Morgan fingerprint density at radius 3 is 1.35 bits per heavy atom. The molecule has 221 valence electrons. The molecular formula is C31H42CoN2O6. The molecule has 0 aromatic heterocycles. The van der Waals surface area contributed by atoms with Crippen molar-refractivity contribution in [1.29, 1.82) is 0 Å². The van der Waals surface area contributed by atoms with Gasteiger partial charge in [0.2, 0.25) is 0 Å². The normalized spacial score (nSPS) is 16.1. The minimum atomic E-state index is -1.08. The second-order valence-corrected chi connectivity index (χ2v) is 9.40. The van der Waals surface area contributed by atoms with Gasteiger partial charge in [-0.25, -0.2) is 0 Å². The fraction of sp³-hybridized carbons (Fsp3) is 0.484. The maximum atomic E-state index is 10.6. The number of carbonyl (C=O) groups excluding carboxylic acids is 2. The Balaban J connectivity index is 0.00000149. The molecule has 2 atom stereocenters. The maximum absolute atomic E-state index is 10.6. The van der Waals surface area contributed by atoms with Gasteiger partial charge in [-0.1, -0.05) is 39.8 Å². The van der Waals surface area contributed by atoms with Gasteiger partial charge < -0.3 is 30.0 Å². The van der Waals surface area contributed by atoms with Crippen LogP contribution in [-0.2, 0) is 52.1 Å². The summed E-state index contributed by atoms with van der Waals surface area (Å²) in [5.41, 5.74) is 5.98. The Kier molecular flexibility index (Phi) is 17.5. The van der Waals surface area contributed by atoms with Crippen LogP contribution >= 0.6 is 0 Å². The molecule has 1 radical (unpaired) electrons. The number of aliphatic carboxylic acids is 2. The van der Waals surface area contributed by atoms with Crippen LogP contribution < -0.4 is 10.2 Å². The third-order valence-electron chi connectivity index (χ3n) is 6.39. The van der Waals surface area contributed by atoms with E-state index in [4.69, 9.17) is 29.8 Å². The third kappa shape index (κ3) is 12.3. The summed E-state index contributed by atoms with van der Waals surface area (Å²) in [5, 5.41) is 38.9. The van der Waals surface area contributed by atoms with Crippen LogP contribution in [0.1, 0.15) is 94.2 Å². The number of rotatable bonds is 8. The first kappa shape index (κ1) is 36.8. The molecule has 0 saturated heterocycles. The molecule has 2 unspecified atom stereocenters. The molecule has 0 amide bonds. The van der Waals surface area contributed by atoms with E-state index < -0.39 is 11.9 Å². The topological polar surface area (TPSA) is 145 Å². The van der Waals surface area contributed by atoms with Crippen LogP contribution in [0.25, 0.3) is 0 Å². The molecule has 1 aliphatic rings.